The van der Waals surface area contributed by atoms with Gasteiger partial charge in [0.15, 0.2) is 6.61 Å². The maximum atomic E-state index is 11.9. The Kier molecular flexibility index (Phi) is 6.21. The van der Waals surface area contributed by atoms with Crippen molar-refractivity contribution in [2.24, 2.45) is 0 Å². The Labute approximate surface area is 145 Å². The molecule has 0 aliphatic carbocycles. The van der Waals surface area contributed by atoms with Crippen LogP contribution in [0.15, 0.2) is 48.5 Å². The molecule has 0 radical (unpaired) electrons. The van der Waals surface area contributed by atoms with Crippen molar-refractivity contribution < 1.29 is 14.3 Å². The van der Waals surface area contributed by atoms with Gasteiger partial charge in [0.05, 0.1) is 0 Å². The number of ether oxygens (including phenoxy) is 1. The van der Waals surface area contributed by atoms with Gasteiger partial charge in [-0.1, -0.05) is 49.7 Å². The minimum atomic E-state index is -0.455. The molecule has 0 spiro atoms. The lowest BCUT2D eigenvalue weighted by Gasteiger charge is -2.14. The third kappa shape index (κ3) is 4.99. The number of nitrogens with one attached hydrogen (secondary N) is 2. The van der Waals surface area contributed by atoms with E-state index in [1.165, 1.54) is 6.07 Å². The van der Waals surface area contributed by atoms with Crippen molar-refractivity contribution >= 4 is 23.4 Å². The van der Waals surface area contributed by atoms with Crippen molar-refractivity contribution in [2.45, 2.75) is 19.8 Å². The van der Waals surface area contributed by atoms with E-state index in [-0.39, 0.29) is 12.5 Å². The highest BCUT2D eigenvalue weighted by Gasteiger charge is 2.11. The second-order valence-corrected chi connectivity index (χ2v) is 5.93. The number of benzene rings is 2. The summed E-state index contributed by atoms with van der Waals surface area (Å²) >= 11 is 5.82. The Balaban J connectivity index is 1.85. The van der Waals surface area contributed by atoms with Crippen LogP contribution in [0.25, 0.3) is 0 Å². The van der Waals surface area contributed by atoms with Crippen LogP contribution < -0.4 is 15.6 Å². The molecule has 24 heavy (non-hydrogen) atoms. The largest absolute Gasteiger partial charge is 0.483 e. The standard InChI is InChI=1S/C18H19ClN2O3/c1-12(2)15-8-3-4-9-16(15)24-11-17(22)20-21-18(23)13-6-5-7-14(19)10-13/h3-10,12H,11H2,1-2H3,(H,20,22)(H,21,23). The molecule has 0 bridgehead atoms. The summed E-state index contributed by atoms with van der Waals surface area (Å²) in [6.07, 6.45) is 0. The summed E-state index contributed by atoms with van der Waals surface area (Å²) in [7, 11) is 0. The second kappa shape index (κ2) is 8.36. The number of hydrogen-bond donors (Lipinski definition) is 2. The first-order valence-corrected chi connectivity index (χ1v) is 7.91. The fourth-order valence-electron chi connectivity index (χ4n) is 2.10. The second-order valence-electron chi connectivity index (χ2n) is 5.49. The minimum absolute atomic E-state index is 0.195. The van der Waals surface area contributed by atoms with E-state index in [1.807, 2.05) is 38.1 Å². The average Bonchev–Trinajstić information content (AvgIpc) is 2.58. The Morgan fingerprint density at radius 2 is 1.83 bits per heavy atom. The van der Waals surface area contributed by atoms with E-state index >= 15 is 0 Å². The van der Waals surface area contributed by atoms with Crippen molar-refractivity contribution in [1.29, 1.82) is 0 Å². The van der Waals surface area contributed by atoms with Gasteiger partial charge in [0, 0.05) is 10.6 Å². The molecule has 2 aromatic rings. The van der Waals surface area contributed by atoms with Gasteiger partial charge in [0.1, 0.15) is 5.75 Å². The van der Waals surface area contributed by atoms with Crippen LogP contribution in [0.4, 0.5) is 0 Å². The van der Waals surface area contributed by atoms with E-state index < -0.39 is 11.8 Å². The van der Waals surface area contributed by atoms with Crippen molar-refractivity contribution in [1.82, 2.24) is 10.9 Å². The lowest BCUT2D eigenvalue weighted by molar-refractivity contribution is -0.123. The van der Waals surface area contributed by atoms with Gasteiger partial charge in [-0.25, -0.2) is 0 Å². The van der Waals surface area contributed by atoms with E-state index in [4.69, 9.17) is 16.3 Å². The minimum Gasteiger partial charge on any atom is -0.483 e. The van der Waals surface area contributed by atoms with Gasteiger partial charge in [0.25, 0.3) is 11.8 Å². The number of para-hydroxylation sites is 1. The Bertz CT molecular complexity index is 732. The van der Waals surface area contributed by atoms with Gasteiger partial charge < -0.3 is 4.74 Å². The first kappa shape index (κ1) is 17.8. The molecule has 126 valence electrons. The van der Waals surface area contributed by atoms with Crippen LogP contribution in [0, 0.1) is 0 Å². The third-order valence-electron chi connectivity index (χ3n) is 3.30. The predicted molar refractivity (Wildman–Crippen MR) is 93.1 cm³/mol. The molecule has 0 aliphatic rings. The predicted octanol–water partition coefficient (Wildman–Crippen LogP) is 3.30. The smallest absolute Gasteiger partial charge is 0.276 e. The molecule has 0 aromatic heterocycles. The third-order valence-corrected chi connectivity index (χ3v) is 3.54. The maximum absolute atomic E-state index is 11.9. The molecule has 0 fully saturated rings. The average molecular weight is 347 g/mol. The number of amides is 2. The van der Waals surface area contributed by atoms with Gasteiger partial charge in [-0.05, 0) is 35.7 Å². The summed E-state index contributed by atoms with van der Waals surface area (Å²) in [5.74, 6) is 0.0352. The Morgan fingerprint density at radius 3 is 2.54 bits per heavy atom. The van der Waals surface area contributed by atoms with Gasteiger partial charge in [-0.15, -0.1) is 0 Å². The van der Waals surface area contributed by atoms with Crippen molar-refractivity contribution in [3.05, 3.63) is 64.7 Å². The zero-order valence-corrected chi connectivity index (χ0v) is 14.3. The van der Waals surface area contributed by atoms with Gasteiger partial charge >= 0.3 is 0 Å². The van der Waals surface area contributed by atoms with Crippen LogP contribution in [0.2, 0.25) is 5.02 Å². The van der Waals surface area contributed by atoms with Crippen LogP contribution >= 0.6 is 11.6 Å². The van der Waals surface area contributed by atoms with Gasteiger partial charge in [-0.3, -0.25) is 20.4 Å². The lowest BCUT2D eigenvalue weighted by Crippen LogP contribution is -2.43. The van der Waals surface area contributed by atoms with E-state index in [2.05, 4.69) is 10.9 Å². The van der Waals surface area contributed by atoms with E-state index in [1.54, 1.807) is 18.2 Å². The number of rotatable bonds is 5. The molecule has 5 nitrogen and oxygen atoms in total. The molecule has 2 aromatic carbocycles. The molecule has 0 unspecified atom stereocenters. The Hall–Kier alpha value is -2.53. The Morgan fingerprint density at radius 1 is 1.08 bits per heavy atom. The normalized spacial score (nSPS) is 10.3. The first-order chi connectivity index (χ1) is 11.5. The number of hydrazine groups is 1. The zero-order chi connectivity index (χ0) is 17.5. The topological polar surface area (TPSA) is 67.4 Å². The summed E-state index contributed by atoms with van der Waals surface area (Å²) in [5, 5.41) is 0.447. The van der Waals surface area contributed by atoms with Gasteiger partial charge in [-0.2, -0.15) is 0 Å². The molecular formula is C18H19ClN2O3. The summed E-state index contributed by atoms with van der Waals surface area (Å²) < 4.78 is 5.53. The van der Waals surface area contributed by atoms with Crippen molar-refractivity contribution in [2.75, 3.05) is 6.61 Å². The van der Waals surface area contributed by atoms with E-state index in [9.17, 15) is 9.59 Å². The number of halogens is 1. The zero-order valence-electron chi connectivity index (χ0n) is 13.5. The number of carbonyl (C=O) groups is 2. The number of hydrogen-bond acceptors (Lipinski definition) is 3. The molecule has 0 saturated heterocycles. The monoisotopic (exact) mass is 346 g/mol. The molecule has 2 N–H and O–H groups in total. The van der Waals surface area contributed by atoms with Crippen molar-refractivity contribution in [3.63, 3.8) is 0 Å². The van der Waals surface area contributed by atoms with Crippen LogP contribution in [0.1, 0.15) is 35.7 Å². The van der Waals surface area contributed by atoms with Crippen LogP contribution in [-0.4, -0.2) is 18.4 Å². The highest BCUT2D eigenvalue weighted by molar-refractivity contribution is 6.30. The lowest BCUT2D eigenvalue weighted by atomic mass is 10.0. The number of carbonyl (C=O) groups excluding carboxylic acids is 2. The molecule has 0 aliphatic heterocycles. The molecule has 0 heterocycles. The summed E-state index contributed by atoms with van der Waals surface area (Å²) in [6, 6.07) is 14.0. The fraction of sp³-hybridized carbons (Fsp3) is 0.222. The van der Waals surface area contributed by atoms with Crippen LogP contribution in [0.3, 0.4) is 0 Å². The van der Waals surface area contributed by atoms with E-state index in [0.717, 1.165) is 5.56 Å². The highest BCUT2D eigenvalue weighted by atomic mass is 35.5. The molecular weight excluding hydrogens is 328 g/mol. The summed E-state index contributed by atoms with van der Waals surface area (Å²) in [4.78, 5) is 23.7. The van der Waals surface area contributed by atoms with Crippen LogP contribution in [-0.2, 0) is 4.79 Å². The molecule has 2 rings (SSSR count). The van der Waals surface area contributed by atoms with Gasteiger partial charge in [0.2, 0.25) is 0 Å². The first-order valence-electron chi connectivity index (χ1n) is 7.54. The summed E-state index contributed by atoms with van der Waals surface area (Å²) in [5.41, 5.74) is 6.01. The summed E-state index contributed by atoms with van der Waals surface area (Å²) in [6.45, 7) is 3.90. The maximum Gasteiger partial charge on any atom is 0.276 e. The fourth-order valence-corrected chi connectivity index (χ4v) is 2.29. The molecule has 2 amide bonds. The molecule has 0 atom stereocenters. The SMILES string of the molecule is CC(C)c1ccccc1OCC(=O)NNC(=O)c1cccc(Cl)c1. The molecule has 0 saturated carbocycles. The van der Waals surface area contributed by atoms with Crippen molar-refractivity contribution in [3.8, 4) is 5.75 Å². The quantitative estimate of drug-likeness (QED) is 0.816. The van der Waals surface area contributed by atoms with E-state index in [0.29, 0.717) is 16.3 Å². The van der Waals surface area contributed by atoms with Crippen LogP contribution in [0.5, 0.6) is 5.75 Å². The molecule has 6 heteroatoms. The highest BCUT2D eigenvalue weighted by Crippen LogP contribution is 2.25.